The van der Waals surface area contributed by atoms with Crippen LogP contribution in [0.3, 0.4) is 0 Å². The van der Waals surface area contributed by atoms with Gasteiger partial charge in [-0.2, -0.15) is 0 Å². The summed E-state index contributed by atoms with van der Waals surface area (Å²) in [7, 11) is 5.80. The number of pyridine rings is 2. The molecule has 3 aromatic carbocycles. The molecule has 0 bridgehead atoms. The molecule has 11 heteroatoms. The number of nitrogens with two attached hydrogens (primary N) is 1. The topological polar surface area (TPSA) is 124 Å². The molecule has 0 aliphatic carbocycles. The Morgan fingerprint density at radius 1 is 0.837 bits per heavy atom. The number of nitrogen functional groups attached to an aromatic ring is 1. The van der Waals surface area contributed by atoms with Crippen molar-refractivity contribution in [3.8, 4) is 39.8 Å². The maximum Gasteiger partial charge on any atom is 0.355 e. The summed E-state index contributed by atoms with van der Waals surface area (Å²) >= 11 is 3.51. The molecule has 2 aromatic heterocycles. The molecule has 0 amide bonds. The van der Waals surface area contributed by atoms with Crippen LogP contribution in [0, 0.1) is 0 Å². The molecular weight excluding hydrogens is 618 g/mol. The highest BCUT2D eigenvalue weighted by molar-refractivity contribution is 9.10. The lowest BCUT2D eigenvalue weighted by Crippen LogP contribution is -2.27. The van der Waals surface area contributed by atoms with Crippen molar-refractivity contribution in [2.75, 3.05) is 34.2 Å². The molecule has 0 saturated carbocycles. The van der Waals surface area contributed by atoms with Gasteiger partial charge >= 0.3 is 5.97 Å². The van der Waals surface area contributed by atoms with Gasteiger partial charge in [0.05, 0.1) is 33.8 Å². The van der Waals surface area contributed by atoms with Gasteiger partial charge in [0.2, 0.25) is 0 Å². The third-order valence-corrected chi connectivity index (χ3v) is 7.66. The van der Waals surface area contributed by atoms with Crippen LogP contribution < -0.4 is 30.2 Å². The van der Waals surface area contributed by atoms with Crippen LogP contribution in [0.2, 0.25) is 0 Å². The normalized spacial score (nSPS) is 10.8. The molecule has 0 aliphatic heterocycles. The predicted octanol–water partition coefficient (Wildman–Crippen LogP) is 5.79. The van der Waals surface area contributed by atoms with Crippen LogP contribution >= 0.6 is 15.9 Å². The first-order valence-electron chi connectivity index (χ1n) is 13.0. The first kappa shape index (κ1) is 29.5. The van der Waals surface area contributed by atoms with Crippen LogP contribution in [0.4, 0.5) is 5.69 Å². The summed E-state index contributed by atoms with van der Waals surface area (Å²) in [4.78, 5) is 31.9. The van der Waals surface area contributed by atoms with Crippen LogP contribution in [-0.4, -0.2) is 44.0 Å². The maximum atomic E-state index is 14.3. The van der Waals surface area contributed by atoms with Gasteiger partial charge in [-0.3, -0.25) is 14.3 Å². The number of anilines is 1. The number of hydrogen-bond donors (Lipinski definition) is 1. The number of carbonyl (C=O) groups is 1. The van der Waals surface area contributed by atoms with Gasteiger partial charge in [0.1, 0.15) is 28.3 Å². The Kier molecular flexibility index (Phi) is 8.53. The molecule has 0 unspecified atom stereocenters. The third-order valence-electron chi connectivity index (χ3n) is 6.88. The number of rotatable bonds is 9. The first-order chi connectivity index (χ1) is 20.8. The number of aromatic nitrogens is 2. The number of nitrogens with zero attached hydrogens (tertiary/aromatic N) is 2. The molecule has 2 N–H and O–H groups in total. The standard InChI is InChI=1S/C32H28BrN3O7/c1-39-24-15-22-23(16-25(24)43-17-18-9-11-35-12-10-18)31(37)36(21-7-5-20(34)6-8-21)30(32(38)42-4)28(22)19-13-26(40-2)29(33)27(14-19)41-3/h5-16H,17,34H2,1-4H3. The maximum absolute atomic E-state index is 14.3. The second kappa shape index (κ2) is 12.5. The fourth-order valence-corrected chi connectivity index (χ4v) is 5.34. The average molecular weight is 646 g/mol. The molecule has 0 spiro atoms. The van der Waals surface area contributed by atoms with Crippen LogP contribution in [-0.2, 0) is 11.3 Å². The van der Waals surface area contributed by atoms with Crippen molar-refractivity contribution in [3.63, 3.8) is 0 Å². The van der Waals surface area contributed by atoms with Gasteiger partial charge in [0.15, 0.2) is 11.5 Å². The average Bonchev–Trinajstić information content (AvgIpc) is 3.04. The minimum absolute atomic E-state index is 0.0105. The summed E-state index contributed by atoms with van der Waals surface area (Å²) < 4.78 is 30.2. The van der Waals surface area contributed by atoms with Crippen molar-refractivity contribution in [3.05, 3.63) is 99.1 Å². The van der Waals surface area contributed by atoms with Crippen LogP contribution in [0.1, 0.15) is 16.1 Å². The summed E-state index contributed by atoms with van der Waals surface area (Å²) in [6.07, 6.45) is 3.34. The van der Waals surface area contributed by atoms with Crippen molar-refractivity contribution in [2.24, 2.45) is 0 Å². The van der Waals surface area contributed by atoms with E-state index < -0.39 is 11.5 Å². The van der Waals surface area contributed by atoms with E-state index >= 15 is 0 Å². The lowest BCUT2D eigenvalue weighted by atomic mass is 9.95. The SMILES string of the molecule is COC(=O)c1c(-c2cc(OC)c(Br)c(OC)c2)c2cc(OC)c(OCc3ccncc3)cc2c(=O)n1-c1ccc(N)cc1. The fraction of sp³-hybridized carbons (Fsp3) is 0.156. The molecule has 0 aliphatic rings. The zero-order valence-electron chi connectivity index (χ0n) is 23.8. The molecule has 0 fully saturated rings. The summed E-state index contributed by atoms with van der Waals surface area (Å²) in [5.74, 6) is 0.874. The van der Waals surface area contributed by atoms with Gasteiger partial charge in [-0.1, -0.05) is 0 Å². The van der Waals surface area contributed by atoms with Crippen LogP contribution in [0.5, 0.6) is 23.0 Å². The molecule has 43 heavy (non-hydrogen) atoms. The van der Waals surface area contributed by atoms with Crippen molar-refractivity contribution < 1.29 is 28.5 Å². The first-order valence-corrected chi connectivity index (χ1v) is 13.8. The van der Waals surface area contributed by atoms with Gasteiger partial charge in [0.25, 0.3) is 5.56 Å². The van der Waals surface area contributed by atoms with E-state index in [9.17, 15) is 9.59 Å². The highest BCUT2D eigenvalue weighted by Gasteiger charge is 2.28. The fourth-order valence-electron chi connectivity index (χ4n) is 4.78. The lowest BCUT2D eigenvalue weighted by Gasteiger charge is -2.21. The molecule has 0 saturated heterocycles. The number of carbonyl (C=O) groups excluding carboxylic acids is 1. The van der Waals surface area contributed by atoms with Gasteiger partial charge in [-0.05, 0) is 87.7 Å². The van der Waals surface area contributed by atoms with Crippen molar-refractivity contribution in [1.82, 2.24) is 9.55 Å². The van der Waals surface area contributed by atoms with Crippen molar-refractivity contribution in [2.45, 2.75) is 6.61 Å². The van der Waals surface area contributed by atoms with E-state index in [1.165, 1.54) is 33.0 Å². The summed E-state index contributed by atoms with van der Waals surface area (Å²) in [5, 5.41) is 0.697. The number of benzene rings is 3. The molecule has 2 heterocycles. The Morgan fingerprint density at radius 3 is 2.02 bits per heavy atom. The number of esters is 1. The molecule has 10 nitrogen and oxygen atoms in total. The highest BCUT2D eigenvalue weighted by atomic mass is 79.9. The number of ether oxygens (including phenoxy) is 5. The number of hydrogen-bond acceptors (Lipinski definition) is 9. The zero-order chi connectivity index (χ0) is 30.7. The zero-order valence-corrected chi connectivity index (χ0v) is 25.4. The Hall–Kier alpha value is -5.03. The smallest absolute Gasteiger partial charge is 0.355 e. The molecule has 0 radical (unpaired) electrons. The second-order valence-corrected chi connectivity index (χ2v) is 10.1. The van der Waals surface area contributed by atoms with E-state index in [1.54, 1.807) is 60.9 Å². The Bertz CT molecular complexity index is 1850. The summed E-state index contributed by atoms with van der Waals surface area (Å²) in [5.41, 5.74) is 8.16. The Balaban J connectivity index is 1.91. The summed E-state index contributed by atoms with van der Waals surface area (Å²) in [6, 6.07) is 17.0. The quantitative estimate of drug-likeness (QED) is 0.157. The highest BCUT2D eigenvalue weighted by Crippen LogP contribution is 2.44. The van der Waals surface area contributed by atoms with Crippen molar-refractivity contribution in [1.29, 1.82) is 0 Å². The second-order valence-electron chi connectivity index (χ2n) is 9.33. The molecule has 220 valence electrons. The van der Waals surface area contributed by atoms with Gasteiger partial charge in [-0.15, -0.1) is 0 Å². The van der Waals surface area contributed by atoms with Gasteiger partial charge in [-0.25, -0.2) is 4.79 Å². The lowest BCUT2D eigenvalue weighted by molar-refractivity contribution is 0.0591. The van der Waals surface area contributed by atoms with E-state index in [4.69, 9.17) is 29.4 Å². The van der Waals surface area contributed by atoms with Crippen LogP contribution in [0.15, 0.2) is 82.3 Å². The van der Waals surface area contributed by atoms with Gasteiger partial charge < -0.3 is 29.4 Å². The van der Waals surface area contributed by atoms with E-state index in [-0.39, 0.29) is 17.7 Å². The number of halogens is 1. The summed E-state index contributed by atoms with van der Waals surface area (Å²) in [6.45, 7) is 0.213. The largest absolute Gasteiger partial charge is 0.495 e. The monoisotopic (exact) mass is 645 g/mol. The molecule has 5 rings (SSSR count). The van der Waals surface area contributed by atoms with E-state index in [2.05, 4.69) is 20.9 Å². The predicted molar refractivity (Wildman–Crippen MR) is 167 cm³/mol. The Labute approximate surface area is 255 Å². The minimum atomic E-state index is -0.733. The number of methoxy groups -OCH3 is 4. The van der Waals surface area contributed by atoms with E-state index in [0.717, 1.165) is 5.56 Å². The third kappa shape index (κ3) is 5.59. The Morgan fingerprint density at radius 2 is 1.44 bits per heavy atom. The van der Waals surface area contributed by atoms with E-state index in [1.807, 2.05) is 12.1 Å². The van der Waals surface area contributed by atoms with E-state index in [0.29, 0.717) is 55.4 Å². The van der Waals surface area contributed by atoms with Crippen molar-refractivity contribution >= 4 is 38.4 Å². The molecule has 5 aromatic rings. The molecular formula is C32H28BrN3O7. The van der Waals surface area contributed by atoms with Crippen LogP contribution in [0.25, 0.3) is 27.6 Å². The molecule has 0 atom stereocenters. The minimum Gasteiger partial charge on any atom is -0.495 e. The number of fused-ring (bicyclic) bond motifs is 1. The van der Waals surface area contributed by atoms with Gasteiger partial charge in [0, 0.05) is 34.7 Å².